The molecular weight excluding hydrogens is 296 g/mol. The molecule has 7 heavy (non-hydrogen) atoms. The molecule has 0 heterocycles. The molecule has 0 aromatic carbocycles. The summed E-state index contributed by atoms with van der Waals surface area (Å²) in [5.41, 5.74) is 0. The number of hydrogen-bond donors (Lipinski definition) is 3. The van der Waals surface area contributed by atoms with E-state index >= 15 is 0 Å². The van der Waals surface area contributed by atoms with E-state index in [9.17, 15) is 0 Å². The minimum absolute atomic E-state index is 0. The molecule has 4 nitrogen and oxygen atoms in total. The molecule has 0 saturated carbocycles. The van der Waals surface area contributed by atoms with Gasteiger partial charge < -0.3 is 0 Å². The Morgan fingerprint density at radius 1 is 1.14 bits per heavy atom. The predicted octanol–water partition coefficient (Wildman–Crippen LogP) is -4.27. The maximum absolute atomic E-state index is 8.97. The van der Waals surface area contributed by atoms with Crippen LogP contribution in [0, 0.1) is 0 Å². The van der Waals surface area contributed by atoms with Crippen LogP contribution in [0.15, 0.2) is 0 Å². The zero-order chi connectivity index (χ0) is 4.50. The van der Waals surface area contributed by atoms with Crippen LogP contribution < -0.4 is 0 Å². The summed E-state index contributed by atoms with van der Waals surface area (Å²) in [5.74, 6) is 0. The van der Waals surface area contributed by atoms with Gasteiger partial charge in [0.25, 0.3) is 0 Å². The van der Waals surface area contributed by atoms with Crippen LogP contribution in [0.5, 0.6) is 0 Å². The van der Waals surface area contributed by atoms with Crippen molar-refractivity contribution in [2.75, 3.05) is 0 Å². The van der Waals surface area contributed by atoms with E-state index in [4.69, 9.17) is 13.2 Å². The molecule has 3 N–H and O–H groups in total. The van der Waals surface area contributed by atoms with Crippen LogP contribution in [-0.4, -0.2) is 87.7 Å². The van der Waals surface area contributed by atoms with Crippen molar-refractivity contribution in [2.45, 2.75) is 0 Å². The second-order valence-corrected chi connectivity index (χ2v) is 3.44. The Balaban J connectivity index is -0.0000000800. The van der Waals surface area contributed by atoms with Crippen LogP contribution in [0.4, 0.5) is 0 Å². The molecule has 0 rings (SSSR count). The van der Waals surface area contributed by atoms with Gasteiger partial charge in [0.1, 0.15) is 0 Å². The molecule has 0 saturated heterocycles. The van der Waals surface area contributed by atoms with E-state index in [1.807, 2.05) is 0 Å². The van der Waals surface area contributed by atoms with Crippen LogP contribution in [0.1, 0.15) is 0 Å². The van der Waals surface area contributed by atoms with E-state index < -0.39 is 20.1 Å². The molecule has 0 amide bonds. The van der Waals surface area contributed by atoms with E-state index in [2.05, 4.69) is 0 Å². The molecule has 0 fully saturated rings. The Morgan fingerprint density at radius 2 is 1.14 bits per heavy atom. The van der Waals surface area contributed by atoms with Gasteiger partial charge in [0.15, 0.2) is 0 Å². The van der Waals surface area contributed by atoms with Crippen molar-refractivity contribution >= 4 is 77.6 Å². The molecule has 42 valence electrons. The van der Waals surface area contributed by atoms with Gasteiger partial charge >= 0.3 is 90.8 Å². The van der Waals surface area contributed by atoms with Crippen LogP contribution >= 0.6 is 0 Å². The third-order valence-electron chi connectivity index (χ3n) is 0. The molecule has 0 aromatic rings. The molecule has 0 aliphatic carbocycles. The van der Waals surface area contributed by atoms with Crippen LogP contribution in [0.2, 0.25) is 0 Å². The van der Waals surface area contributed by atoms with Crippen LogP contribution in [0.3, 0.4) is 0 Å². The van der Waals surface area contributed by atoms with Gasteiger partial charge in [0.2, 0.25) is 0 Å². The van der Waals surface area contributed by atoms with Crippen molar-refractivity contribution in [1.82, 2.24) is 0 Å². The van der Waals surface area contributed by atoms with Gasteiger partial charge in [-0.05, 0) is 0 Å². The maximum atomic E-state index is 8.97. The topological polar surface area (TPSA) is 77.8 Å². The molecule has 7 heteroatoms. The number of hydrogen-bond acceptors (Lipinski definition) is 1. The van der Waals surface area contributed by atoms with Crippen molar-refractivity contribution in [1.29, 1.82) is 0 Å². The van der Waals surface area contributed by atoms with Gasteiger partial charge in [-0.15, -0.1) is 0 Å². The second kappa shape index (κ2) is 6.51. The van der Waals surface area contributed by atoms with Crippen molar-refractivity contribution in [3.05, 3.63) is 0 Å². The zero-order valence-corrected chi connectivity index (χ0v) is 4.75. The molecule has 0 aliphatic rings. The summed E-state index contributed by atoms with van der Waals surface area (Å²) < 4.78 is 30.8. The normalized spacial score (nSPS) is 8.43. The minimum atomic E-state index is -5.35. The SMILES string of the molecule is [CaH2].[GaH3].[O]=[Sb]([OH])([OH])[OH]. The summed E-state index contributed by atoms with van der Waals surface area (Å²) in [6.45, 7) is 0. The third-order valence-corrected chi connectivity index (χ3v) is 0. The Kier molecular flexibility index (Phi) is 15.1. The second-order valence-electron chi connectivity index (χ2n) is 0.513. The van der Waals surface area contributed by atoms with Gasteiger partial charge in [-0.2, -0.15) is 0 Å². The summed E-state index contributed by atoms with van der Waals surface area (Å²) in [4.78, 5) is 0. The average Bonchev–Trinajstić information content (AvgIpc) is 0.722. The van der Waals surface area contributed by atoms with Gasteiger partial charge in [-0.1, -0.05) is 0 Å². The fourth-order valence-electron chi connectivity index (χ4n) is 0. The van der Waals surface area contributed by atoms with E-state index in [1.54, 1.807) is 0 Å². The first kappa shape index (κ1) is 16.2. The monoisotopic (exact) mass is 302 g/mol. The van der Waals surface area contributed by atoms with Crippen molar-refractivity contribution in [3.63, 3.8) is 0 Å². The molecule has 0 spiro atoms. The fraction of sp³-hybridized carbons (Fsp3) is 0. The summed E-state index contributed by atoms with van der Waals surface area (Å²) in [6, 6.07) is 0. The summed E-state index contributed by atoms with van der Waals surface area (Å²) >= 11 is -5.35. The molecule has 0 atom stereocenters. The van der Waals surface area contributed by atoms with Crippen LogP contribution in [-0.2, 0) is 3.02 Å². The predicted molar refractivity (Wildman–Crippen MR) is 31.6 cm³/mol. The Morgan fingerprint density at radius 3 is 1.14 bits per heavy atom. The molecule has 0 aliphatic heterocycles. The summed E-state index contributed by atoms with van der Waals surface area (Å²) in [7, 11) is 0. The van der Waals surface area contributed by atoms with E-state index in [1.165, 1.54) is 0 Å². The Labute approximate surface area is 89.1 Å². The standard InChI is InChI=1S/Ca.Ga.3H2O.O.Sb.5H/h;;3*1H2;;;;;;;/q;;;;;;+3;;;;;/p-3. The molecule has 0 radical (unpaired) electrons. The first-order valence-electron chi connectivity index (χ1n) is 0.783. The zero-order valence-electron chi connectivity index (χ0n) is 2.20. The average molecular weight is 304 g/mol. The Bertz CT molecular complexity index is 57.8. The third kappa shape index (κ3) is 59.9. The van der Waals surface area contributed by atoms with Gasteiger partial charge in [-0.3, -0.25) is 0 Å². The van der Waals surface area contributed by atoms with E-state index in [0.29, 0.717) is 0 Å². The van der Waals surface area contributed by atoms with Crippen molar-refractivity contribution in [2.24, 2.45) is 0 Å². The van der Waals surface area contributed by atoms with Crippen molar-refractivity contribution < 1.29 is 13.2 Å². The molecular formula is H8CaGaO4Sb. The number of rotatable bonds is 0. The fourth-order valence-corrected chi connectivity index (χ4v) is 0. The summed E-state index contributed by atoms with van der Waals surface area (Å²) in [5, 5.41) is 0. The van der Waals surface area contributed by atoms with Gasteiger partial charge in [0, 0.05) is 0 Å². The van der Waals surface area contributed by atoms with Gasteiger partial charge in [-0.25, -0.2) is 0 Å². The van der Waals surface area contributed by atoms with Gasteiger partial charge in [0.05, 0.1) is 0 Å². The first-order chi connectivity index (χ1) is 2.00. The van der Waals surface area contributed by atoms with Crippen LogP contribution in [0.25, 0.3) is 0 Å². The molecule has 0 bridgehead atoms. The molecule has 0 unspecified atom stereocenters. The van der Waals surface area contributed by atoms with E-state index in [0.717, 1.165) is 0 Å². The van der Waals surface area contributed by atoms with E-state index in [-0.39, 0.29) is 57.5 Å². The molecule has 0 aromatic heterocycles. The first-order valence-corrected chi connectivity index (χ1v) is 5.25. The Hall–Kier alpha value is 2.39. The summed E-state index contributed by atoms with van der Waals surface area (Å²) in [6.07, 6.45) is 0. The quantitative estimate of drug-likeness (QED) is 0.396. The van der Waals surface area contributed by atoms with Crippen molar-refractivity contribution in [3.8, 4) is 0 Å².